The van der Waals surface area contributed by atoms with Gasteiger partial charge in [-0.2, -0.15) is 0 Å². The number of benzene rings is 2. The third-order valence-electron chi connectivity index (χ3n) is 4.14. The first-order chi connectivity index (χ1) is 10.2. The van der Waals surface area contributed by atoms with Crippen LogP contribution in [0.25, 0.3) is 0 Å². The Morgan fingerprint density at radius 1 is 1.00 bits per heavy atom. The van der Waals surface area contributed by atoms with Gasteiger partial charge in [-0.1, -0.05) is 61.5 Å². The Hall–Kier alpha value is -1.64. The molecule has 0 fully saturated rings. The number of rotatable bonds is 7. The van der Waals surface area contributed by atoms with Gasteiger partial charge in [0.15, 0.2) is 0 Å². The summed E-state index contributed by atoms with van der Waals surface area (Å²) in [5.74, 6) is 0.398. The lowest BCUT2D eigenvalue weighted by molar-refractivity contribution is 0.262. The summed E-state index contributed by atoms with van der Waals surface area (Å²) >= 11 is 0. The predicted molar refractivity (Wildman–Crippen MR) is 90.4 cm³/mol. The van der Waals surface area contributed by atoms with Crippen LogP contribution in [0.15, 0.2) is 54.6 Å². The minimum absolute atomic E-state index is 0.398. The van der Waals surface area contributed by atoms with Gasteiger partial charge in [-0.15, -0.1) is 0 Å². The fraction of sp³-hybridized carbons (Fsp3) is 0.368. The summed E-state index contributed by atoms with van der Waals surface area (Å²) in [5.41, 5.74) is 10.1. The molecule has 2 aromatic rings. The van der Waals surface area contributed by atoms with Crippen molar-refractivity contribution >= 4 is 0 Å². The standard InChI is InChI=1S/C19H26N2/c1-3-21(14-18-12-8-7-9-16(18)2)15-19(13-20)17-10-5-4-6-11-17/h4-12,19H,3,13-15,20H2,1-2H3. The van der Waals surface area contributed by atoms with Crippen molar-refractivity contribution in [3.63, 3.8) is 0 Å². The molecule has 2 N–H and O–H groups in total. The van der Waals surface area contributed by atoms with E-state index >= 15 is 0 Å². The molecule has 0 saturated heterocycles. The fourth-order valence-corrected chi connectivity index (χ4v) is 2.69. The molecular formula is C19H26N2. The zero-order chi connectivity index (χ0) is 15.1. The Morgan fingerprint density at radius 3 is 2.29 bits per heavy atom. The molecule has 1 atom stereocenters. The van der Waals surface area contributed by atoms with Gasteiger partial charge in [-0.25, -0.2) is 0 Å². The maximum absolute atomic E-state index is 6.00. The molecule has 2 aromatic carbocycles. The molecule has 0 amide bonds. The van der Waals surface area contributed by atoms with Gasteiger partial charge < -0.3 is 5.73 Å². The quantitative estimate of drug-likeness (QED) is 0.841. The van der Waals surface area contributed by atoms with E-state index in [1.165, 1.54) is 16.7 Å². The summed E-state index contributed by atoms with van der Waals surface area (Å²) in [6.07, 6.45) is 0. The maximum atomic E-state index is 6.00. The van der Waals surface area contributed by atoms with E-state index in [0.29, 0.717) is 12.5 Å². The Labute approximate surface area is 128 Å². The van der Waals surface area contributed by atoms with Crippen LogP contribution in [0, 0.1) is 6.92 Å². The van der Waals surface area contributed by atoms with Crippen LogP contribution in [0.2, 0.25) is 0 Å². The van der Waals surface area contributed by atoms with Gasteiger partial charge in [0.1, 0.15) is 0 Å². The van der Waals surface area contributed by atoms with Crippen LogP contribution < -0.4 is 5.73 Å². The van der Waals surface area contributed by atoms with Crippen LogP contribution in [0.5, 0.6) is 0 Å². The fourth-order valence-electron chi connectivity index (χ4n) is 2.69. The van der Waals surface area contributed by atoms with Crippen molar-refractivity contribution in [3.05, 3.63) is 71.3 Å². The molecule has 0 aliphatic carbocycles. The molecule has 21 heavy (non-hydrogen) atoms. The molecule has 0 radical (unpaired) electrons. The van der Waals surface area contributed by atoms with E-state index in [9.17, 15) is 0 Å². The second kappa shape index (κ2) is 7.96. The van der Waals surface area contributed by atoms with Gasteiger partial charge in [0.05, 0.1) is 0 Å². The summed E-state index contributed by atoms with van der Waals surface area (Å²) in [6, 6.07) is 19.2. The van der Waals surface area contributed by atoms with E-state index in [2.05, 4.69) is 73.3 Å². The number of likely N-dealkylation sites (N-methyl/N-ethyl adjacent to an activating group) is 1. The normalized spacial score (nSPS) is 12.6. The molecule has 0 saturated carbocycles. The van der Waals surface area contributed by atoms with E-state index in [1.807, 2.05) is 0 Å². The van der Waals surface area contributed by atoms with Crippen molar-refractivity contribution in [2.45, 2.75) is 26.3 Å². The molecule has 0 aliphatic heterocycles. The van der Waals surface area contributed by atoms with Gasteiger partial charge >= 0.3 is 0 Å². The summed E-state index contributed by atoms with van der Waals surface area (Å²) < 4.78 is 0. The van der Waals surface area contributed by atoms with Gasteiger partial charge in [0.2, 0.25) is 0 Å². The van der Waals surface area contributed by atoms with Crippen molar-refractivity contribution in [1.82, 2.24) is 4.90 Å². The highest BCUT2D eigenvalue weighted by atomic mass is 15.1. The summed E-state index contributed by atoms with van der Waals surface area (Å²) in [4.78, 5) is 2.48. The van der Waals surface area contributed by atoms with Crippen molar-refractivity contribution in [3.8, 4) is 0 Å². The van der Waals surface area contributed by atoms with Crippen LogP contribution in [-0.2, 0) is 6.54 Å². The molecule has 2 nitrogen and oxygen atoms in total. The Kier molecular flexibility index (Phi) is 5.97. The van der Waals surface area contributed by atoms with Gasteiger partial charge in [-0.3, -0.25) is 4.90 Å². The average molecular weight is 282 g/mol. The van der Waals surface area contributed by atoms with Gasteiger partial charge in [-0.05, 0) is 30.2 Å². The monoisotopic (exact) mass is 282 g/mol. The molecule has 112 valence electrons. The molecule has 2 heteroatoms. The number of aryl methyl sites for hydroxylation is 1. The minimum atomic E-state index is 0.398. The average Bonchev–Trinajstić information content (AvgIpc) is 2.54. The van der Waals surface area contributed by atoms with Crippen LogP contribution in [-0.4, -0.2) is 24.5 Å². The SMILES string of the molecule is CCN(Cc1ccccc1C)CC(CN)c1ccccc1. The van der Waals surface area contributed by atoms with Crippen LogP contribution in [0.1, 0.15) is 29.5 Å². The first kappa shape index (κ1) is 15.7. The second-order valence-corrected chi connectivity index (χ2v) is 5.60. The van der Waals surface area contributed by atoms with Gasteiger partial charge in [0, 0.05) is 25.6 Å². The number of hydrogen-bond donors (Lipinski definition) is 1. The van der Waals surface area contributed by atoms with E-state index in [4.69, 9.17) is 5.73 Å². The number of nitrogens with zero attached hydrogens (tertiary/aromatic N) is 1. The number of nitrogens with two attached hydrogens (primary N) is 1. The first-order valence-electron chi connectivity index (χ1n) is 7.76. The molecule has 2 rings (SSSR count). The molecule has 1 unspecified atom stereocenters. The predicted octanol–water partition coefficient (Wildman–Crippen LogP) is 3.56. The van der Waals surface area contributed by atoms with Crippen LogP contribution >= 0.6 is 0 Å². The smallest absolute Gasteiger partial charge is 0.0236 e. The van der Waals surface area contributed by atoms with E-state index in [1.54, 1.807) is 0 Å². The van der Waals surface area contributed by atoms with Crippen LogP contribution in [0.3, 0.4) is 0 Å². The zero-order valence-electron chi connectivity index (χ0n) is 13.1. The third-order valence-corrected chi connectivity index (χ3v) is 4.14. The van der Waals surface area contributed by atoms with Crippen molar-refractivity contribution in [2.75, 3.05) is 19.6 Å². The summed E-state index contributed by atoms with van der Waals surface area (Å²) in [5, 5.41) is 0. The highest BCUT2D eigenvalue weighted by Gasteiger charge is 2.14. The second-order valence-electron chi connectivity index (χ2n) is 5.60. The zero-order valence-corrected chi connectivity index (χ0v) is 13.1. The lowest BCUT2D eigenvalue weighted by Gasteiger charge is -2.26. The van der Waals surface area contributed by atoms with Gasteiger partial charge in [0.25, 0.3) is 0 Å². The van der Waals surface area contributed by atoms with Crippen molar-refractivity contribution in [1.29, 1.82) is 0 Å². The van der Waals surface area contributed by atoms with E-state index in [-0.39, 0.29) is 0 Å². The topological polar surface area (TPSA) is 29.3 Å². The Bertz CT molecular complexity index is 536. The van der Waals surface area contributed by atoms with Crippen molar-refractivity contribution in [2.24, 2.45) is 5.73 Å². The first-order valence-corrected chi connectivity index (χ1v) is 7.76. The lowest BCUT2D eigenvalue weighted by atomic mass is 9.98. The lowest BCUT2D eigenvalue weighted by Crippen LogP contribution is -2.31. The molecule has 0 heterocycles. The van der Waals surface area contributed by atoms with E-state index < -0.39 is 0 Å². The third kappa shape index (κ3) is 4.42. The number of hydrogen-bond acceptors (Lipinski definition) is 2. The summed E-state index contributed by atoms with van der Waals surface area (Å²) in [6.45, 7) is 8.13. The largest absolute Gasteiger partial charge is 0.330 e. The Balaban J connectivity index is 2.06. The summed E-state index contributed by atoms with van der Waals surface area (Å²) in [7, 11) is 0. The van der Waals surface area contributed by atoms with Crippen molar-refractivity contribution < 1.29 is 0 Å². The van der Waals surface area contributed by atoms with E-state index in [0.717, 1.165) is 19.6 Å². The highest BCUT2D eigenvalue weighted by Crippen LogP contribution is 2.18. The Morgan fingerprint density at radius 2 is 1.67 bits per heavy atom. The minimum Gasteiger partial charge on any atom is -0.330 e. The maximum Gasteiger partial charge on any atom is 0.0236 e. The molecule has 0 spiro atoms. The molecule has 0 aliphatic rings. The molecule has 0 bridgehead atoms. The van der Waals surface area contributed by atoms with Crippen LogP contribution in [0.4, 0.5) is 0 Å². The molecule has 0 aromatic heterocycles. The molecular weight excluding hydrogens is 256 g/mol. The highest BCUT2D eigenvalue weighted by molar-refractivity contribution is 5.25.